The van der Waals surface area contributed by atoms with E-state index in [0.717, 1.165) is 24.0 Å². The Balaban J connectivity index is 1.57. The third-order valence-electron chi connectivity index (χ3n) is 5.06. The fourth-order valence-corrected chi connectivity index (χ4v) is 4.85. The first-order valence-corrected chi connectivity index (χ1v) is 9.95. The second-order valence-corrected chi connectivity index (χ2v) is 7.94. The van der Waals surface area contributed by atoms with Crippen molar-refractivity contribution in [2.45, 2.75) is 19.4 Å². The lowest BCUT2D eigenvalue weighted by atomic mass is 10.0. The Hall–Kier alpha value is -2.64. The Kier molecular flexibility index (Phi) is 3.80. The van der Waals surface area contributed by atoms with Crippen LogP contribution in [-0.4, -0.2) is 26.3 Å². The summed E-state index contributed by atoms with van der Waals surface area (Å²) in [6.45, 7) is 2.94. The molecule has 136 valence electrons. The summed E-state index contributed by atoms with van der Waals surface area (Å²) in [5.41, 5.74) is 3.20. The van der Waals surface area contributed by atoms with Gasteiger partial charge in [-0.2, -0.15) is 9.78 Å². The fourth-order valence-electron chi connectivity index (χ4n) is 3.65. The molecule has 8 heteroatoms. The molecule has 0 fully saturated rings. The third kappa shape index (κ3) is 2.57. The van der Waals surface area contributed by atoms with Crippen LogP contribution in [0.1, 0.15) is 23.4 Å². The number of aromatic nitrogens is 4. The molecule has 5 rings (SSSR count). The molecule has 1 atom stereocenters. The van der Waals surface area contributed by atoms with Crippen molar-refractivity contribution in [3.63, 3.8) is 0 Å². The van der Waals surface area contributed by atoms with E-state index in [1.807, 2.05) is 24.3 Å². The van der Waals surface area contributed by atoms with Gasteiger partial charge in [-0.05, 0) is 42.5 Å². The number of para-hydroxylation sites is 2. The van der Waals surface area contributed by atoms with Gasteiger partial charge < -0.3 is 9.88 Å². The van der Waals surface area contributed by atoms with E-state index in [0.29, 0.717) is 11.6 Å². The first-order valence-electron chi connectivity index (χ1n) is 8.69. The van der Waals surface area contributed by atoms with Crippen molar-refractivity contribution < 1.29 is 0 Å². The minimum atomic E-state index is -0.378. The summed E-state index contributed by atoms with van der Waals surface area (Å²) in [4.78, 5) is 24.0. The van der Waals surface area contributed by atoms with Crippen LogP contribution < -0.4 is 10.5 Å². The number of imidazole rings is 1. The molecule has 0 aliphatic carbocycles. The van der Waals surface area contributed by atoms with E-state index >= 15 is 0 Å². The summed E-state index contributed by atoms with van der Waals surface area (Å²) >= 11 is 8.27. The predicted octanol–water partition coefficient (Wildman–Crippen LogP) is 3.95. The number of anilines is 1. The van der Waals surface area contributed by atoms with Crippen LogP contribution >= 0.6 is 22.9 Å². The number of thiophene rings is 1. The maximum absolute atomic E-state index is 12.9. The zero-order valence-corrected chi connectivity index (χ0v) is 16.1. The first kappa shape index (κ1) is 16.5. The van der Waals surface area contributed by atoms with E-state index in [1.54, 1.807) is 17.5 Å². The predicted molar refractivity (Wildman–Crippen MR) is 108 cm³/mol. The lowest BCUT2D eigenvalue weighted by Gasteiger charge is -2.35. The van der Waals surface area contributed by atoms with Crippen molar-refractivity contribution in [2.24, 2.45) is 0 Å². The Bertz CT molecular complexity index is 1180. The Morgan fingerprint density at radius 3 is 3.00 bits per heavy atom. The lowest BCUT2D eigenvalue weighted by Crippen LogP contribution is -2.35. The summed E-state index contributed by atoms with van der Waals surface area (Å²) < 4.78 is 1.22. The number of aromatic amines is 1. The summed E-state index contributed by atoms with van der Waals surface area (Å²) in [6, 6.07) is 9.89. The zero-order valence-electron chi connectivity index (χ0n) is 14.5. The molecule has 27 heavy (non-hydrogen) atoms. The molecule has 1 unspecified atom stereocenters. The molecular weight excluding hydrogens is 382 g/mol. The molecule has 1 aromatic carbocycles. The van der Waals surface area contributed by atoms with Crippen molar-refractivity contribution in [3.8, 4) is 5.95 Å². The van der Waals surface area contributed by atoms with Gasteiger partial charge in [0.2, 0.25) is 5.95 Å². The zero-order chi connectivity index (χ0) is 18.5. The van der Waals surface area contributed by atoms with Gasteiger partial charge in [-0.3, -0.25) is 4.79 Å². The summed E-state index contributed by atoms with van der Waals surface area (Å²) in [6.07, 6.45) is 2.60. The van der Waals surface area contributed by atoms with Crippen molar-refractivity contribution in [3.05, 3.63) is 67.7 Å². The highest BCUT2D eigenvalue weighted by Crippen LogP contribution is 2.37. The van der Waals surface area contributed by atoms with E-state index in [1.165, 1.54) is 15.1 Å². The van der Waals surface area contributed by atoms with Crippen molar-refractivity contribution in [1.82, 2.24) is 19.7 Å². The van der Waals surface area contributed by atoms with Gasteiger partial charge in [0.1, 0.15) is 5.02 Å². The van der Waals surface area contributed by atoms with Gasteiger partial charge in [0.15, 0.2) is 0 Å². The molecule has 0 radical (unpaired) electrons. The molecule has 3 aromatic heterocycles. The minimum absolute atomic E-state index is 0.153. The Labute approximate surface area is 164 Å². The number of H-pyrrole nitrogens is 1. The second kappa shape index (κ2) is 6.21. The number of rotatable bonds is 2. The average Bonchev–Trinajstić information content (AvgIpc) is 3.31. The van der Waals surface area contributed by atoms with E-state index in [9.17, 15) is 4.79 Å². The van der Waals surface area contributed by atoms with Crippen LogP contribution in [0.5, 0.6) is 0 Å². The smallest absolute Gasteiger partial charge is 0.295 e. The van der Waals surface area contributed by atoms with E-state index in [-0.39, 0.29) is 16.6 Å². The van der Waals surface area contributed by atoms with Gasteiger partial charge in [-0.1, -0.05) is 23.7 Å². The molecule has 1 aliphatic heterocycles. The van der Waals surface area contributed by atoms with Crippen molar-refractivity contribution in [1.29, 1.82) is 0 Å². The topological polar surface area (TPSA) is 66.8 Å². The third-order valence-corrected chi connectivity index (χ3v) is 6.42. The number of nitrogens with zero attached hydrogens (tertiary/aromatic N) is 4. The number of hydrogen-bond acceptors (Lipinski definition) is 5. The number of hydrogen-bond donors (Lipinski definition) is 1. The molecule has 0 bridgehead atoms. The van der Waals surface area contributed by atoms with Crippen molar-refractivity contribution >= 4 is 39.7 Å². The van der Waals surface area contributed by atoms with E-state index in [4.69, 9.17) is 11.6 Å². The molecular formula is C19H16ClN5OS. The summed E-state index contributed by atoms with van der Waals surface area (Å²) in [5.74, 6) is 0.362. The quantitative estimate of drug-likeness (QED) is 0.556. The van der Waals surface area contributed by atoms with Gasteiger partial charge in [0, 0.05) is 11.4 Å². The maximum atomic E-state index is 12.9. The molecule has 0 spiro atoms. The highest BCUT2D eigenvalue weighted by molar-refractivity contribution is 7.10. The van der Waals surface area contributed by atoms with Crippen LogP contribution in [0.2, 0.25) is 5.02 Å². The average molecular weight is 398 g/mol. The van der Waals surface area contributed by atoms with Gasteiger partial charge in [0.05, 0.1) is 29.0 Å². The van der Waals surface area contributed by atoms with Crippen LogP contribution in [-0.2, 0) is 6.42 Å². The van der Waals surface area contributed by atoms with Crippen LogP contribution in [0.3, 0.4) is 0 Å². The maximum Gasteiger partial charge on any atom is 0.295 e. The Morgan fingerprint density at radius 1 is 1.30 bits per heavy atom. The van der Waals surface area contributed by atoms with Gasteiger partial charge in [0.25, 0.3) is 5.56 Å². The monoisotopic (exact) mass is 397 g/mol. The van der Waals surface area contributed by atoms with Crippen LogP contribution in [0.4, 0.5) is 5.69 Å². The Morgan fingerprint density at radius 2 is 2.15 bits per heavy atom. The molecule has 0 saturated carbocycles. The number of fused-ring (bicyclic) bond motifs is 2. The van der Waals surface area contributed by atoms with E-state index in [2.05, 4.69) is 38.3 Å². The highest BCUT2D eigenvalue weighted by Gasteiger charge is 2.28. The summed E-state index contributed by atoms with van der Waals surface area (Å²) in [5, 5.41) is 6.62. The number of benzene rings is 1. The van der Waals surface area contributed by atoms with Crippen molar-refractivity contribution in [2.75, 3.05) is 11.4 Å². The fraction of sp³-hybridized carbons (Fsp3) is 0.211. The van der Waals surface area contributed by atoms with Crippen LogP contribution in [0.15, 0.2) is 46.7 Å². The van der Waals surface area contributed by atoms with Gasteiger partial charge in [-0.15, -0.1) is 11.3 Å². The lowest BCUT2D eigenvalue weighted by molar-refractivity contribution is 0.626. The molecule has 4 aromatic rings. The molecule has 0 saturated heterocycles. The van der Waals surface area contributed by atoms with Gasteiger partial charge >= 0.3 is 0 Å². The van der Waals surface area contributed by atoms with Crippen LogP contribution in [0, 0.1) is 0 Å². The second-order valence-electron chi connectivity index (χ2n) is 6.56. The number of nitrogens with one attached hydrogen (secondary N) is 1. The van der Waals surface area contributed by atoms with Gasteiger partial charge in [-0.25, -0.2) is 4.98 Å². The van der Waals surface area contributed by atoms with Crippen LogP contribution in [0.25, 0.3) is 17.0 Å². The molecule has 0 amide bonds. The standard InChI is InChI=1S/C19H16ClN5OS/c1-11-12-7-9-27-16(12)6-8-24(11)15-10-21-25(18(26)17(15)20)19-22-13-4-2-3-5-14(13)23-19/h2-5,7,9-11H,6,8H2,1H3,(H,22,23). The molecule has 4 heterocycles. The summed E-state index contributed by atoms with van der Waals surface area (Å²) in [7, 11) is 0. The van der Waals surface area contributed by atoms with E-state index < -0.39 is 0 Å². The number of halogens is 1. The minimum Gasteiger partial charge on any atom is -0.362 e. The highest BCUT2D eigenvalue weighted by atomic mass is 35.5. The molecule has 1 aliphatic rings. The largest absolute Gasteiger partial charge is 0.362 e. The molecule has 6 nitrogen and oxygen atoms in total. The normalized spacial score (nSPS) is 16.7. The SMILES string of the molecule is CC1c2ccsc2CCN1c1cnn(-c2nc3ccccc3[nH]2)c(=O)c1Cl. The first-order chi connectivity index (χ1) is 13.1. The molecule has 1 N–H and O–H groups in total.